The zero-order valence-corrected chi connectivity index (χ0v) is 11.3. The molecule has 2 aliphatic rings. The van der Waals surface area contributed by atoms with E-state index in [1.54, 1.807) is 0 Å². The minimum absolute atomic E-state index is 0.397. The Morgan fingerprint density at radius 2 is 1.71 bits per heavy atom. The van der Waals surface area contributed by atoms with Crippen LogP contribution < -0.4 is 5.32 Å². The van der Waals surface area contributed by atoms with Gasteiger partial charge in [-0.1, -0.05) is 26.2 Å². The lowest BCUT2D eigenvalue weighted by molar-refractivity contribution is 0.164. The van der Waals surface area contributed by atoms with Crippen molar-refractivity contribution in [1.82, 2.24) is 5.32 Å². The predicted molar refractivity (Wildman–Crippen MR) is 72.0 cm³/mol. The van der Waals surface area contributed by atoms with Crippen LogP contribution in [0.25, 0.3) is 0 Å². The molecule has 100 valence electrons. The van der Waals surface area contributed by atoms with Crippen LogP contribution in [-0.2, 0) is 0 Å². The summed E-state index contributed by atoms with van der Waals surface area (Å²) in [5.41, 5.74) is 0. The summed E-state index contributed by atoms with van der Waals surface area (Å²) in [5.74, 6) is 1.55. The smallest absolute Gasteiger partial charge is 0.0459 e. The van der Waals surface area contributed by atoms with E-state index in [-0.39, 0.29) is 0 Å². The van der Waals surface area contributed by atoms with E-state index in [0.29, 0.717) is 12.5 Å². The lowest BCUT2D eigenvalue weighted by Crippen LogP contribution is -2.43. The van der Waals surface area contributed by atoms with Gasteiger partial charge in [-0.05, 0) is 50.4 Å². The van der Waals surface area contributed by atoms with E-state index >= 15 is 0 Å². The van der Waals surface area contributed by atoms with Gasteiger partial charge >= 0.3 is 0 Å². The number of rotatable bonds is 4. The average molecular weight is 239 g/mol. The Morgan fingerprint density at radius 3 is 2.35 bits per heavy atom. The Labute approximate surface area is 106 Å². The molecule has 0 aliphatic heterocycles. The molecule has 0 heterocycles. The normalized spacial score (nSPS) is 39.2. The van der Waals surface area contributed by atoms with Crippen LogP contribution in [0.1, 0.15) is 64.7 Å². The monoisotopic (exact) mass is 239 g/mol. The minimum atomic E-state index is 0.397. The summed E-state index contributed by atoms with van der Waals surface area (Å²) >= 11 is 0. The van der Waals surface area contributed by atoms with Gasteiger partial charge in [0.25, 0.3) is 0 Å². The van der Waals surface area contributed by atoms with E-state index in [1.165, 1.54) is 57.8 Å². The van der Waals surface area contributed by atoms with Gasteiger partial charge in [-0.15, -0.1) is 0 Å². The molecule has 0 bridgehead atoms. The SMILES string of the molecule is CCC1CCCC(NC2CCC(CO)CC2)C1. The van der Waals surface area contributed by atoms with Gasteiger partial charge in [0.1, 0.15) is 0 Å². The molecule has 0 saturated heterocycles. The third kappa shape index (κ3) is 3.96. The molecule has 2 heteroatoms. The highest BCUT2D eigenvalue weighted by Crippen LogP contribution is 2.29. The molecule has 17 heavy (non-hydrogen) atoms. The highest BCUT2D eigenvalue weighted by molar-refractivity contribution is 4.83. The van der Waals surface area contributed by atoms with E-state index < -0.39 is 0 Å². The molecule has 2 aliphatic carbocycles. The Balaban J connectivity index is 1.70. The van der Waals surface area contributed by atoms with Crippen LogP contribution in [0.4, 0.5) is 0 Å². The summed E-state index contributed by atoms with van der Waals surface area (Å²) in [5, 5.41) is 13.0. The molecule has 0 radical (unpaired) electrons. The molecule has 2 unspecified atom stereocenters. The molecule has 0 spiro atoms. The Kier molecular flexibility index (Phi) is 5.30. The van der Waals surface area contributed by atoms with Crippen molar-refractivity contribution >= 4 is 0 Å². The van der Waals surface area contributed by atoms with Crippen LogP contribution >= 0.6 is 0 Å². The summed E-state index contributed by atoms with van der Waals surface area (Å²) in [6.45, 7) is 2.73. The first-order valence-corrected chi connectivity index (χ1v) is 7.68. The molecule has 2 saturated carbocycles. The second-order valence-electron chi connectivity index (χ2n) is 6.20. The van der Waals surface area contributed by atoms with E-state index in [0.717, 1.165) is 18.0 Å². The van der Waals surface area contributed by atoms with Crippen LogP contribution in [0.3, 0.4) is 0 Å². The van der Waals surface area contributed by atoms with Crippen molar-refractivity contribution in [2.24, 2.45) is 11.8 Å². The molecule has 0 amide bonds. The molecule has 2 N–H and O–H groups in total. The fourth-order valence-electron chi connectivity index (χ4n) is 3.66. The number of hydrogen-bond donors (Lipinski definition) is 2. The van der Waals surface area contributed by atoms with Gasteiger partial charge in [-0.2, -0.15) is 0 Å². The van der Waals surface area contributed by atoms with Gasteiger partial charge in [0.2, 0.25) is 0 Å². The van der Waals surface area contributed by atoms with Crippen LogP contribution in [0, 0.1) is 11.8 Å². The summed E-state index contributed by atoms with van der Waals surface area (Å²) < 4.78 is 0. The maximum Gasteiger partial charge on any atom is 0.0459 e. The number of nitrogens with one attached hydrogen (secondary N) is 1. The molecule has 0 aromatic carbocycles. The summed E-state index contributed by atoms with van der Waals surface area (Å²) in [6, 6.07) is 1.52. The Bertz CT molecular complexity index is 211. The zero-order chi connectivity index (χ0) is 12.1. The third-order valence-corrected chi connectivity index (χ3v) is 4.94. The van der Waals surface area contributed by atoms with Crippen molar-refractivity contribution in [2.45, 2.75) is 76.8 Å². The highest BCUT2D eigenvalue weighted by Gasteiger charge is 2.25. The topological polar surface area (TPSA) is 32.3 Å². The maximum atomic E-state index is 9.14. The van der Waals surface area contributed by atoms with Crippen molar-refractivity contribution in [3.63, 3.8) is 0 Å². The van der Waals surface area contributed by atoms with Gasteiger partial charge in [0.05, 0.1) is 0 Å². The van der Waals surface area contributed by atoms with Gasteiger partial charge in [-0.25, -0.2) is 0 Å². The number of hydrogen-bond acceptors (Lipinski definition) is 2. The van der Waals surface area contributed by atoms with Crippen molar-refractivity contribution in [3.05, 3.63) is 0 Å². The van der Waals surface area contributed by atoms with Gasteiger partial charge < -0.3 is 10.4 Å². The van der Waals surface area contributed by atoms with Gasteiger partial charge in [0.15, 0.2) is 0 Å². The van der Waals surface area contributed by atoms with Crippen molar-refractivity contribution in [2.75, 3.05) is 6.61 Å². The molecule has 2 nitrogen and oxygen atoms in total. The van der Waals surface area contributed by atoms with E-state index in [4.69, 9.17) is 5.11 Å². The molecule has 2 rings (SSSR count). The van der Waals surface area contributed by atoms with Crippen LogP contribution in [0.2, 0.25) is 0 Å². The van der Waals surface area contributed by atoms with Crippen molar-refractivity contribution in [1.29, 1.82) is 0 Å². The van der Waals surface area contributed by atoms with E-state index in [2.05, 4.69) is 12.2 Å². The third-order valence-electron chi connectivity index (χ3n) is 4.94. The lowest BCUT2D eigenvalue weighted by Gasteiger charge is -2.35. The standard InChI is InChI=1S/C15H29NO/c1-2-12-4-3-5-15(10-12)16-14-8-6-13(11-17)7-9-14/h12-17H,2-11H2,1H3. The molecule has 2 fully saturated rings. The van der Waals surface area contributed by atoms with Crippen LogP contribution in [0.5, 0.6) is 0 Å². The Morgan fingerprint density at radius 1 is 0.941 bits per heavy atom. The van der Waals surface area contributed by atoms with Gasteiger partial charge in [0, 0.05) is 18.7 Å². The fraction of sp³-hybridized carbons (Fsp3) is 1.00. The second kappa shape index (κ2) is 6.75. The van der Waals surface area contributed by atoms with E-state index in [1.807, 2.05) is 0 Å². The van der Waals surface area contributed by atoms with Crippen LogP contribution in [-0.4, -0.2) is 23.8 Å². The summed E-state index contributed by atoms with van der Waals surface area (Å²) in [7, 11) is 0. The largest absolute Gasteiger partial charge is 0.396 e. The molecule has 2 atom stereocenters. The number of aliphatic hydroxyl groups is 1. The maximum absolute atomic E-state index is 9.14. The van der Waals surface area contributed by atoms with Crippen molar-refractivity contribution < 1.29 is 5.11 Å². The number of aliphatic hydroxyl groups excluding tert-OH is 1. The minimum Gasteiger partial charge on any atom is -0.396 e. The summed E-state index contributed by atoms with van der Waals surface area (Å²) in [6.07, 6.45) is 12.0. The zero-order valence-electron chi connectivity index (χ0n) is 11.3. The lowest BCUT2D eigenvalue weighted by atomic mass is 9.82. The molecule has 0 aromatic rings. The van der Waals surface area contributed by atoms with Crippen LogP contribution in [0.15, 0.2) is 0 Å². The first-order valence-electron chi connectivity index (χ1n) is 7.68. The average Bonchev–Trinajstić information content (AvgIpc) is 2.40. The first-order chi connectivity index (χ1) is 8.31. The van der Waals surface area contributed by atoms with E-state index in [9.17, 15) is 0 Å². The molecular weight excluding hydrogens is 210 g/mol. The highest BCUT2D eigenvalue weighted by atomic mass is 16.3. The summed E-state index contributed by atoms with van der Waals surface area (Å²) in [4.78, 5) is 0. The second-order valence-corrected chi connectivity index (χ2v) is 6.20. The molecular formula is C15H29NO. The fourth-order valence-corrected chi connectivity index (χ4v) is 3.66. The predicted octanol–water partition coefficient (Wildman–Crippen LogP) is 3.10. The van der Waals surface area contributed by atoms with Crippen molar-refractivity contribution in [3.8, 4) is 0 Å². The molecule has 0 aromatic heterocycles. The quantitative estimate of drug-likeness (QED) is 0.790. The first kappa shape index (κ1) is 13.4. The van der Waals surface area contributed by atoms with Gasteiger partial charge in [-0.3, -0.25) is 0 Å². The Hall–Kier alpha value is -0.0800.